The molecule has 0 spiro atoms. The van der Waals surface area contributed by atoms with Gasteiger partial charge in [0.1, 0.15) is 0 Å². The quantitative estimate of drug-likeness (QED) is 0.908. The number of likely N-dealkylation sites (tertiary alicyclic amines) is 1. The highest BCUT2D eigenvalue weighted by molar-refractivity contribution is 5.78. The largest absolute Gasteiger partial charge is 0.393 e. The summed E-state index contributed by atoms with van der Waals surface area (Å²) in [5, 5.41) is 9.67. The number of aliphatic hydroxyl groups excluding tert-OH is 1. The summed E-state index contributed by atoms with van der Waals surface area (Å²) in [6.45, 7) is 3.09. The van der Waals surface area contributed by atoms with Gasteiger partial charge in [-0.05, 0) is 37.7 Å². The van der Waals surface area contributed by atoms with Crippen molar-refractivity contribution in [3.05, 3.63) is 35.9 Å². The van der Waals surface area contributed by atoms with Gasteiger partial charge in [0.15, 0.2) is 0 Å². The van der Waals surface area contributed by atoms with Crippen LogP contribution in [0.15, 0.2) is 30.3 Å². The van der Waals surface area contributed by atoms with Crippen molar-refractivity contribution in [2.45, 2.75) is 63.0 Å². The highest BCUT2D eigenvalue weighted by Crippen LogP contribution is 2.37. The van der Waals surface area contributed by atoms with Gasteiger partial charge in [0.25, 0.3) is 0 Å². The van der Waals surface area contributed by atoms with Crippen molar-refractivity contribution in [1.82, 2.24) is 4.90 Å². The molecule has 1 saturated heterocycles. The smallest absolute Gasteiger partial charge is 0.222 e. The Morgan fingerprint density at radius 3 is 2.48 bits per heavy atom. The molecule has 3 nitrogen and oxygen atoms in total. The van der Waals surface area contributed by atoms with Crippen LogP contribution < -0.4 is 0 Å². The molecule has 3 heteroatoms. The molecule has 0 aromatic heterocycles. The van der Waals surface area contributed by atoms with E-state index in [-0.39, 0.29) is 11.5 Å². The van der Waals surface area contributed by atoms with Crippen molar-refractivity contribution >= 4 is 5.91 Å². The second kappa shape index (κ2) is 5.80. The first-order valence-electron chi connectivity index (χ1n) is 8.11. The topological polar surface area (TPSA) is 40.5 Å². The van der Waals surface area contributed by atoms with Gasteiger partial charge >= 0.3 is 0 Å². The minimum atomic E-state index is -0.165. The molecule has 2 fully saturated rings. The molecule has 1 aromatic rings. The van der Waals surface area contributed by atoms with Gasteiger partial charge in [-0.15, -0.1) is 0 Å². The summed E-state index contributed by atoms with van der Waals surface area (Å²) < 4.78 is 0. The Hall–Kier alpha value is -1.35. The van der Waals surface area contributed by atoms with Crippen LogP contribution in [0.25, 0.3) is 0 Å². The van der Waals surface area contributed by atoms with E-state index >= 15 is 0 Å². The average molecular weight is 287 g/mol. The van der Waals surface area contributed by atoms with E-state index in [1.807, 2.05) is 6.07 Å². The lowest BCUT2D eigenvalue weighted by molar-refractivity contribution is -0.139. The Bertz CT molecular complexity index is 493. The first-order valence-corrected chi connectivity index (χ1v) is 8.11. The molecule has 1 saturated carbocycles. The molecule has 1 atom stereocenters. The number of hydrogen-bond donors (Lipinski definition) is 1. The molecule has 0 bridgehead atoms. The normalized spacial score (nSPS) is 34.0. The Balaban J connectivity index is 1.77. The number of amides is 1. The fraction of sp³-hybridized carbons (Fsp3) is 0.611. The predicted octanol–water partition coefficient (Wildman–Crippen LogP) is 2.87. The molecule has 1 amide bonds. The van der Waals surface area contributed by atoms with Gasteiger partial charge in [0, 0.05) is 24.4 Å². The summed E-state index contributed by atoms with van der Waals surface area (Å²) in [5.74, 6) is 0.296. The summed E-state index contributed by atoms with van der Waals surface area (Å²) in [6, 6.07) is 10.9. The third-order valence-electron chi connectivity index (χ3n) is 5.31. The first kappa shape index (κ1) is 14.6. The van der Waals surface area contributed by atoms with Crippen LogP contribution in [0, 0.1) is 0 Å². The molecule has 1 N–H and O–H groups in total. The molecule has 1 aliphatic carbocycles. The lowest BCUT2D eigenvalue weighted by Gasteiger charge is -2.45. The average Bonchev–Trinajstić information content (AvgIpc) is 2.52. The van der Waals surface area contributed by atoms with Crippen molar-refractivity contribution in [3.8, 4) is 0 Å². The van der Waals surface area contributed by atoms with Gasteiger partial charge < -0.3 is 10.0 Å². The maximum Gasteiger partial charge on any atom is 0.222 e. The van der Waals surface area contributed by atoms with Gasteiger partial charge in [-0.25, -0.2) is 0 Å². The molecule has 1 aliphatic heterocycles. The molecular weight excluding hydrogens is 262 g/mol. The van der Waals surface area contributed by atoms with Crippen LogP contribution in [0.3, 0.4) is 0 Å². The zero-order valence-corrected chi connectivity index (χ0v) is 12.8. The van der Waals surface area contributed by atoms with Crippen molar-refractivity contribution in [3.63, 3.8) is 0 Å². The molecule has 0 radical (unpaired) electrons. The fourth-order valence-electron chi connectivity index (χ4n) is 3.85. The van der Waals surface area contributed by atoms with Crippen LogP contribution >= 0.6 is 0 Å². The summed E-state index contributed by atoms with van der Waals surface area (Å²) >= 11 is 0. The minimum absolute atomic E-state index is 0.0607. The number of carbonyl (C=O) groups excluding carboxylic acids is 1. The van der Waals surface area contributed by atoms with E-state index in [0.29, 0.717) is 18.4 Å². The molecular formula is C18H25NO2. The van der Waals surface area contributed by atoms with E-state index in [1.54, 1.807) is 0 Å². The van der Waals surface area contributed by atoms with Gasteiger partial charge in [0.2, 0.25) is 5.91 Å². The second-order valence-electron chi connectivity index (χ2n) is 6.91. The number of aliphatic hydroxyl groups is 1. The fourth-order valence-corrected chi connectivity index (χ4v) is 3.85. The van der Waals surface area contributed by atoms with Gasteiger partial charge in [0.05, 0.1) is 6.10 Å². The number of benzene rings is 1. The molecule has 0 unspecified atom stereocenters. The first-order chi connectivity index (χ1) is 10.1. The van der Waals surface area contributed by atoms with Gasteiger partial charge in [-0.3, -0.25) is 4.79 Å². The monoisotopic (exact) mass is 287 g/mol. The summed E-state index contributed by atoms with van der Waals surface area (Å²) in [6.07, 6.45) is 4.95. The van der Waals surface area contributed by atoms with E-state index in [9.17, 15) is 9.90 Å². The van der Waals surface area contributed by atoms with Crippen LogP contribution in [0.4, 0.5) is 0 Å². The highest BCUT2D eigenvalue weighted by atomic mass is 16.3. The number of nitrogens with zero attached hydrogens (tertiary/aromatic N) is 1. The second-order valence-corrected chi connectivity index (χ2v) is 6.91. The van der Waals surface area contributed by atoms with Crippen LogP contribution in [0.5, 0.6) is 0 Å². The molecule has 1 heterocycles. The highest BCUT2D eigenvalue weighted by Gasteiger charge is 2.39. The molecule has 21 heavy (non-hydrogen) atoms. The number of carbonyl (C=O) groups is 1. The lowest BCUT2D eigenvalue weighted by atomic mass is 9.74. The van der Waals surface area contributed by atoms with Crippen LogP contribution in [0.2, 0.25) is 0 Å². The van der Waals surface area contributed by atoms with E-state index < -0.39 is 0 Å². The summed E-state index contributed by atoms with van der Waals surface area (Å²) in [5.41, 5.74) is 1.39. The van der Waals surface area contributed by atoms with Crippen molar-refractivity contribution in [2.24, 2.45) is 0 Å². The molecule has 1 aromatic carbocycles. The summed E-state index contributed by atoms with van der Waals surface area (Å²) in [7, 11) is 0. The van der Waals surface area contributed by atoms with Gasteiger partial charge in [-0.1, -0.05) is 37.3 Å². The van der Waals surface area contributed by atoms with E-state index in [0.717, 1.165) is 38.6 Å². The van der Waals surface area contributed by atoms with Crippen molar-refractivity contribution in [1.29, 1.82) is 0 Å². The van der Waals surface area contributed by atoms with Gasteiger partial charge in [-0.2, -0.15) is 0 Å². The maximum absolute atomic E-state index is 12.4. The zero-order chi connectivity index (χ0) is 14.9. The SMILES string of the molecule is C[C@]1(c2ccccc2)CCC(=O)N(C2CCC(O)CC2)C1. The third-order valence-corrected chi connectivity index (χ3v) is 5.31. The molecule has 114 valence electrons. The lowest BCUT2D eigenvalue weighted by Crippen LogP contribution is -2.52. The maximum atomic E-state index is 12.4. The van der Waals surface area contributed by atoms with Crippen LogP contribution in [-0.2, 0) is 10.2 Å². The summed E-state index contributed by atoms with van der Waals surface area (Å²) in [4.78, 5) is 14.5. The Kier molecular flexibility index (Phi) is 4.03. The Labute approximate surface area is 127 Å². The van der Waals surface area contributed by atoms with Crippen molar-refractivity contribution < 1.29 is 9.90 Å². The number of rotatable bonds is 2. The van der Waals surface area contributed by atoms with Crippen molar-refractivity contribution in [2.75, 3.05) is 6.54 Å². The predicted molar refractivity (Wildman–Crippen MR) is 83.0 cm³/mol. The zero-order valence-electron chi connectivity index (χ0n) is 12.8. The Morgan fingerprint density at radius 2 is 1.81 bits per heavy atom. The van der Waals surface area contributed by atoms with E-state index in [4.69, 9.17) is 0 Å². The van der Waals surface area contributed by atoms with Crippen LogP contribution in [-0.4, -0.2) is 34.6 Å². The van der Waals surface area contributed by atoms with E-state index in [1.165, 1.54) is 5.56 Å². The molecule has 2 aliphatic rings. The minimum Gasteiger partial charge on any atom is -0.393 e. The number of piperidine rings is 1. The Morgan fingerprint density at radius 1 is 1.14 bits per heavy atom. The standard InChI is InChI=1S/C18H25NO2/c1-18(14-5-3-2-4-6-14)12-11-17(21)19(13-18)15-7-9-16(20)10-8-15/h2-6,15-16,20H,7-13H2,1H3/t15?,16?,18-/m0/s1. The number of hydrogen-bond acceptors (Lipinski definition) is 2. The molecule has 3 rings (SSSR count). The third kappa shape index (κ3) is 2.98. The van der Waals surface area contributed by atoms with E-state index in [2.05, 4.69) is 36.1 Å². The van der Waals surface area contributed by atoms with Crippen LogP contribution in [0.1, 0.15) is 51.0 Å².